The van der Waals surface area contributed by atoms with E-state index in [2.05, 4.69) is 25.6 Å². The Hall–Kier alpha value is -3.04. The number of amides is 2. The minimum Gasteiger partial charge on any atom is -0.278 e. The number of anilines is 1. The predicted molar refractivity (Wildman–Crippen MR) is 115 cm³/mol. The molecule has 0 aliphatic carbocycles. The number of halogens is 1. The lowest BCUT2D eigenvalue weighted by molar-refractivity contribution is 0.0640. The topological polar surface area (TPSA) is 96.4 Å². The van der Waals surface area contributed by atoms with Gasteiger partial charge in [-0.05, 0) is 70.4 Å². The van der Waals surface area contributed by atoms with Crippen molar-refractivity contribution in [2.45, 2.75) is 18.4 Å². The van der Waals surface area contributed by atoms with E-state index in [1.807, 2.05) is 19.1 Å². The Labute approximate surface area is 181 Å². The van der Waals surface area contributed by atoms with Gasteiger partial charge in [0.05, 0.1) is 22.7 Å². The summed E-state index contributed by atoms with van der Waals surface area (Å²) in [6, 6.07) is 14.5. The average molecular weight is 486 g/mol. The van der Waals surface area contributed by atoms with Crippen LogP contribution in [0.25, 0.3) is 0 Å². The Bertz CT molecular complexity index is 1240. The molecule has 0 saturated carbocycles. The van der Waals surface area contributed by atoms with Gasteiger partial charge < -0.3 is 0 Å². The Balaban J connectivity index is 1.52. The van der Waals surface area contributed by atoms with E-state index in [-0.39, 0.29) is 22.7 Å². The molecule has 0 unspecified atom stereocenters. The molecule has 1 aromatic heterocycles. The van der Waals surface area contributed by atoms with Gasteiger partial charge in [0.25, 0.3) is 21.8 Å². The number of rotatable bonds is 5. The minimum atomic E-state index is -3.80. The van der Waals surface area contributed by atoms with E-state index in [0.29, 0.717) is 15.7 Å². The summed E-state index contributed by atoms with van der Waals surface area (Å²) >= 11 is 3.35. The highest BCUT2D eigenvalue weighted by Crippen LogP contribution is 2.27. The molecule has 1 aliphatic heterocycles. The number of nitrogens with one attached hydrogen (secondary N) is 1. The first-order chi connectivity index (χ1) is 14.3. The molecule has 9 heteroatoms. The minimum absolute atomic E-state index is 0.0330. The summed E-state index contributed by atoms with van der Waals surface area (Å²) in [4.78, 5) is 30.0. The highest BCUT2D eigenvalue weighted by molar-refractivity contribution is 9.10. The number of hydrogen-bond donors (Lipinski definition) is 1. The average Bonchev–Trinajstić information content (AvgIpc) is 2.96. The lowest BCUT2D eigenvalue weighted by Crippen LogP contribution is -2.29. The Kier molecular flexibility index (Phi) is 5.17. The summed E-state index contributed by atoms with van der Waals surface area (Å²) in [6.07, 6.45) is 1.46. The van der Waals surface area contributed by atoms with Crippen LogP contribution < -0.4 is 4.72 Å². The molecular weight excluding hydrogens is 470 g/mol. The highest BCUT2D eigenvalue weighted by Gasteiger charge is 2.36. The highest BCUT2D eigenvalue weighted by atomic mass is 79.9. The zero-order valence-electron chi connectivity index (χ0n) is 15.8. The maximum atomic E-state index is 12.7. The fourth-order valence-electron chi connectivity index (χ4n) is 3.12. The molecule has 30 heavy (non-hydrogen) atoms. The first kappa shape index (κ1) is 20.2. The third-order valence-electron chi connectivity index (χ3n) is 4.67. The van der Waals surface area contributed by atoms with E-state index in [9.17, 15) is 18.0 Å². The molecule has 3 aromatic rings. The van der Waals surface area contributed by atoms with Gasteiger partial charge in [0.15, 0.2) is 0 Å². The van der Waals surface area contributed by atoms with Crippen molar-refractivity contribution < 1.29 is 18.0 Å². The predicted octanol–water partition coefficient (Wildman–Crippen LogP) is 3.75. The van der Waals surface area contributed by atoms with Crippen LogP contribution in [-0.2, 0) is 16.6 Å². The van der Waals surface area contributed by atoms with Crippen LogP contribution in [-0.4, -0.2) is 30.1 Å². The molecule has 0 saturated heterocycles. The third kappa shape index (κ3) is 3.73. The van der Waals surface area contributed by atoms with E-state index in [1.54, 1.807) is 30.3 Å². The summed E-state index contributed by atoms with van der Waals surface area (Å²) in [5, 5.41) is 0. The second kappa shape index (κ2) is 7.66. The standard InChI is InChI=1S/C21H16BrN3O4S/c1-13-4-9-18(17(22)11-13)24-30(28,29)15-7-5-14(6-8-15)12-25-20(26)16-3-2-10-23-19(16)21(25)27/h2-11,24H,12H2,1H3. The Morgan fingerprint density at radius 3 is 2.43 bits per heavy atom. The van der Waals surface area contributed by atoms with Crippen LogP contribution in [0, 0.1) is 6.92 Å². The van der Waals surface area contributed by atoms with Crippen molar-refractivity contribution >= 4 is 43.5 Å². The quantitative estimate of drug-likeness (QED) is 0.555. The van der Waals surface area contributed by atoms with Gasteiger partial charge in [0.1, 0.15) is 5.69 Å². The van der Waals surface area contributed by atoms with Gasteiger partial charge in [0, 0.05) is 10.7 Å². The second-order valence-corrected chi connectivity index (χ2v) is 9.37. The fourth-order valence-corrected chi connectivity index (χ4v) is 4.92. The van der Waals surface area contributed by atoms with Gasteiger partial charge >= 0.3 is 0 Å². The molecule has 2 heterocycles. The maximum absolute atomic E-state index is 12.7. The van der Waals surface area contributed by atoms with Crippen molar-refractivity contribution in [3.63, 3.8) is 0 Å². The molecule has 2 amide bonds. The van der Waals surface area contributed by atoms with Gasteiger partial charge in [-0.2, -0.15) is 0 Å². The monoisotopic (exact) mass is 485 g/mol. The fraction of sp³-hybridized carbons (Fsp3) is 0.0952. The van der Waals surface area contributed by atoms with Crippen molar-refractivity contribution in [1.29, 1.82) is 0 Å². The van der Waals surface area contributed by atoms with Gasteiger partial charge in [-0.3, -0.25) is 24.2 Å². The van der Waals surface area contributed by atoms with Crippen LogP contribution >= 0.6 is 15.9 Å². The van der Waals surface area contributed by atoms with Crippen molar-refractivity contribution in [2.24, 2.45) is 0 Å². The number of sulfonamides is 1. The number of aryl methyl sites for hydroxylation is 1. The number of aromatic nitrogens is 1. The third-order valence-corrected chi connectivity index (χ3v) is 6.71. The first-order valence-corrected chi connectivity index (χ1v) is 11.2. The lowest BCUT2D eigenvalue weighted by atomic mass is 10.2. The molecule has 4 rings (SSSR count). The van der Waals surface area contributed by atoms with Crippen molar-refractivity contribution in [3.8, 4) is 0 Å². The van der Waals surface area contributed by atoms with E-state index in [1.165, 1.54) is 18.3 Å². The molecule has 0 atom stereocenters. The van der Waals surface area contributed by atoms with Crippen LogP contribution in [0.4, 0.5) is 5.69 Å². The zero-order valence-corrected chi connectivity index (χ0v) is 18.2. The van der Waals surface area contributed by atoms with Gasteiger partial charge in [-0.25, -0.2) is 8.42 Å². The maximum Gasteiger partial charge on any atom is 0.280 e. The first-order valence-electron chi connectivity index (χ1n) is 8.95. The van der Waals surface area contributed by atoms with Crippen LogP contribution in [0.1, 0.15) is 32.0 Å². The molecule has 1 aliphatic rings. The number of pyridine rings is 1. The molecular formula is C21H16BrN3O4S. The number of carbonyl (C=O) groups excluding carboxylic acids is 2. The molecule has 2 aromatic carbocycles. The summed E-state index contributed by atoms with van der Waals surface area (Å²) in [6.45, 7) is 1.94. The molecule has 0 radical (unpaired) electrons. The van der Waals surface area contributed by atoms with Gasteiger partial charge in [0.2, 0.25) is 0 Å². The van der Waals surface area contributed by atoms with Crippen molar-refractivity contribution in [1.82, 2.24) is 9.88 Å². The normalized spacial score (nSPS) is 13.5. The number of carbonyl (C=O) groups is 2. The molecule has 0 spiro atoms. The largest absolute Gasteiger partial charge is 0.280 e. The number of fused-ring (bicyclic) bond motifs is 1. The molecule has 7 nitrogen and oxygen atoms in total. The molecule has 0 bridgehead atoms. The number of imide groups is 1. The Morgan fingerprint density at radius 2 is 1.77 bits per heavy atom. The molecule has 1 N–H and O–H groups in total. The van der Waals surface area contributed by atoms with E-state index in [4.69, 9.17) is 0 Å². The summed E-state index contributed by atoms with van der Waals surface area (Å²) in [5.41, 5.74) is 2.46. The van der Waals surface area contributed by atoms with Crippen LogP contribution in [0.2, 0.25) is 0 Å². The van der Waals surface area contributed by atoms with Crippen molar-refractivity contribution in [3.05, 3.63) is 87.7 Å². The lowest BCUT2D eigenvalue weighted by Gasteiger charge is -2.14. The number of benzene rings is 2. The summed E-state index contributed by atoms with van der Waals surface area (Å²) in [5.74, 6) is -0.871. The van der Waals surface area contributed by atoms with E-state index >= 15 is 0 Å². The van der Waals surface area contributed by atoms with Crippen LogP contribution in [0.15, 0.2) is 70.2 Å². The summed E-state index contributed by atoms with van der Waals surface area (Å²) in [7, 11) is -3.80. The molecule has 152 valence electrons. The van der Waals surface area contributed by atoms with E-state index in [0.717, 1.165) is 10.5 Å². The SMILES string of the molecule is Cc1ccc(NS(=O)(=O)c2ccc(CN3C(=O)c4cccnc4C3=O)cc2)c(Br)c1. The summed E-state index contributed by atoms with van der Waals surface area (Å²) < 4.78 is 28.6. The number of hydrogen-bond acceptors (Lipinski definition) is 5. The van der Waals surface area contributed by atoms with Crippen LogP contribution in [0.5, 0.6) is 0 Å². The smallest absolute Gasteiger partial charge is 0.278 e. The van der Waals surface area contributed by atoms with E-state index < -0.39 is 21.8 Å². The van der Waals surface area contributed by atoms with Gasteiger partial charge in [-0.1, -0.05) is 18.2 Å². The van der Waals surface area contributed by atoms with Crippen molar-refractivity contribution in [2.75, 3.05) is 4.72 Å². The van der Waals surface area contributed by atoms with Gasteiger partial charge in [-0.15, -0.1) is 0 Å². The van der Waals surface area contributed by atoms with Crippen LogP contribution in [0.3, 0.4) is 0 Å². The zero-order chi connectivity index (χ0) is 21.5. The second-order valence-electron chi connectivity index (χ2n) is 6.83. The number of nitrogens with zero attached hydrogens (tertiary/aromatic N) is 2. The molecule has 0 fully saturated rings. The Morgan fingerprint density at radius 1 is 1.03 bits per heavy atom.